The van der Waals surface area contributed by atoms with Crippen molar-refractivity contribution in [3.63, 3.8) is 0 Å². The second-order valence-corrected chi connectivity index (χ2v) is 5.28. The molecule has 1 aliphatic rings. The molecular formula is C18H19N3O2. The molecule has 0 unspecified atom stereocenters. The van der Waals surface area contributed by atoms with E-state index in [1.54, 1.807) is 16.7 Å². The normalized spacial score (nSPS) is 13.6. The summed E-state index contributed by atoms with van der Waals surface area (Å²) in [7, 11) is 1.62. The Morgan fingerprint density at radius 1 is 1.22 bits per heavy atom. The average molecular weight is 309 g/mol. The Hall–Kier alpha value is -2.82. The highest BCUT2D eigenvalue weighted by Gasteiger charge is 2.17. The minimum absolute atomic E-state index is 0.0893. The molecule has 0 saturated heterocycles. The predicted molar refractivity (Wildman–Crippen MR) is 90.7 cm³/mol. The molecule has 1 heterocycles. The molecule has 1 aromatic carbocycles. The van der Waals surface area contributed by atoms with Crippen LogP contribution in [-0.2, 0) is 4.79 Å². The zero-order chi connectivity index (χ0) is 16.2. The molecule has 23 heavy (non-hydrogen) atoms. The average Bonchev–Trinajstić information content (AvgIpc) is 3.06. The summed E-state index contributed by atoms with van der Waals surface area (Å²) >= 11 is 0. The topological polar surface area (TPSA) is 47.4 Å². The first kappa shape index (κ1) is 15.1. The lowest BCUT2D eigenvalue weighted by molar-refractivity contribution is -0.115. The maximum atomic E-state index is 12.1. The number of aromatic nitrogens is 2. The maximum Gasteiger partial charge on any atom is 0.229 e. The van der Waals surface area contributed by atoms with Crippen LogP contribution in [0.15, 0.2) is 54.8 Å². The number of carbonyl (C=O) groups is 1. The Labute approximate surface area is 135 Å². The number of carbonyl (C=O) groups excluding carboxylic acids is 1. The number of rotatable bonds is 4. The van der Waals surface area contributed by atoms with Crippen molar-refractivity contribution in [1.29, 1.82) is 0 Å². The molecule has 0 saturated carbocycles. The van der Waals surface area contributed by atoms with Gasteiger partial charge in [0, 0.05) is 19.2 Å². The molecule has 118 valence electrons. The van der Waals surface area contributed by atoms with Crippen molar-refractivity contribution in [3.05, 3.63) is 54.8 Å². The van der Waals surface area contributed by atoms with Crippen molar-refractivity contribution in [3.8, 4) is 5.75 Å². The van der Waals surface area contributed by atoms with Crippen LogP contribution in [0.5, 0.6) is 5.75 Å². The van der Waals surface area contributed by atoms with Gasteiger partial charge in [0.05, 0.1) is 18.5 Å². The Bertz CT molecular complexity index is 757. The van der Waals surface area contributed by atoms with Crippen molar-refractivity contribution in [2.75, 3.05) is 12.0 Å². The van der Waals surface area contributed by atoms with E-state index in [1.165, 1.54) is 6.92 Å². The summed E-state index contributed by atoms with van der Waals surface area (Å²) in [5.41, 5.74) is 1.79. The number of anilines is 2. The van der Waals surface area contributed by atoms with Gasteiger partial charge in [-0.3, -0.25) is 9.69 Å². The molecule has 0 bridgehead atoms. The zero-order valence-electron chi connectivity index (χ0n) is 13.3. The fourth-order valence-electron chi connectivity index (χ4n) is 2.55. The van der Waals surface area contributed by atoms with E-state index in [2.05, 4.69) is 17.3 Å². The van der Waals surface area contributed by atoms with E-state index in [0.717, 1.165) is 30.0 Å². The summed E-state index contributed by atoms with van der Waals surface area (Å²) in [4.78, 5) is 13.7. The molecule has 1 aliphatic carbocycles. The standard InChI is InChI=1S/C18H19N3O2/c1-14(22)21(16-8-10-17(23-2)11-9-16)18-12-13-20(19-18)15-6-4-3-5-7-15/h4,6-13H,3,5H2,1-2H3. The highest BCUT2D eigenvalue weighted by atomic mass is 16.5. The van der Waals surface area contributed by atoms with Crippen molar-refractivity contribution in [1.82, 2.24) is 9.78 Å². The second kappa shape index (κ2) is 6.52. The van der Waals surface area contributed by atoms with Gasteiger partial charge in [0.25, 0.3) is 0 Å². The summed E-state index contributed by atoms with van der Waals surface area (Å²) < 4.78 is 6.96. The molecular weight excluding hydrogens is 290 g/mol. The predicted octanol–water partition coefficient (Wildman–Crippen LogP) is 3.77. The third kappa shape index (κ3) is 3.18. The fourth-order valence-corrected chi connectivity index (χ4v) is 2.55. The van der Waals surface area contributed by atoms with Crippen molar-refractivity contribution >= 4 is 23.1 Å². The second-order valence-electron chi connectivity index (χ2n) is 5.28. The van der Waals surface area contributed by atoms with Crippen LogP contribution in [0.1, 0.15) is 19.8 Å². The Kier molecular flexibility index (Phi) is 4.28. The van der Waals surface area contributed by atoms with Gasteiger partial charge in [-0.25, -0.2) is 4.68 Å². The molecule has 0 N–H and O–H groups in total. The fraction of sp³-hybridized carbons (Fsp3) is 0.222. The number of hydrogen-bond acceptors (Lipinski definition) is 3. The van der Waals surface area contributed by atoms with Gasteiger partial charge in [-0.15, -0.1) is 5.10 Å². The zero-order valence-corrected chi connectivity index (χ0v) is 13.3. The maximum absolute atomic E-state index is 12.1. The summed E-state index contributed by atoms with van der Waals surface area (Å²) in [5.74, 6) is 1.26. The number of benzene rings is 1. The smallest absolute Gasteiger partial charge is 0.229 e. The Morgan fingerprint density at radius 3 is 2.61 bits per heavy atom. The molecule has 5 nitrogen and oxygen atoms in total. The first-order valence-corrected chi connectivity index (χ1v) is 7.56. The van der Waals surface area contributed by atoms with Crippen LogP contribution >= 0.6 is 0 Å². The number of methoxy groups -OCH3 is 1. The Balaban J connectivity index is 1.92. The Morgan fingerprint density at radius 2 is 2.00 bits per heavy atom. The van der Waals surface area contributed by atoms with Crippen LogP contribution in [0.25, 0.3) is 5.70 Å². The molecule has 1 aromatic heterocycles. The summed E-state index contributed by atoms with van der Waals surface area (Å²) in [6.45, 7) is 1.53. The first-order chi connectivity index (χ1) is 11.2. The molecule has 0 atom stereocenters. The van der Waals surface area contributed by atoms with Gasteiger partial charge >= 0.3 is 0 Å². The van der Waals surface area contributed by atoms with Crippen LogP contribution in [0.2, 0.25) is 0 Å². The van der Waals surface area contributed by atoms with E-state index >= 15 is 0 Å². The first-order valence-electron chi connectivity index (χ1n) is 7.56. The lowest BCUT2D eigenvalue weighted by Gasteiger charge is -2.18. The van der Waals surface area contributed by atoms with E-state index in [9.17, 15) is 4.79 Å². The molecule has 0 fully saturated rings. The summed E-state index contributed by atoms with van der Waals surface area (Å²) in [5, 5.41) is 4.55. The SMILES string of the molecule is COc1ccc(N(C(C)=O)c2ccn(C3=CCCC=C3)n2)cc1. The number of nitrogens with zero attached hydrogens (tertiary/aromatic N) is 3. The van der Waals surface area contributed by atoms with E-state index in [0.29, 0.717) is 5.82 Å². The largest absolute Gasteiger partial charge is 0.497 e. The number of hydrogen-bond donors (Lipinski definition) is 0. The van der Waals surface area contributed by atoms with Crippen molar-refractivity contribution in [2.24, 2.45) is 0 Å². The summed E-state index contributed by atoms with van der Waals surface area (Å²) in [6.07, 6.45) is 10.3. The van der Waals surface area contributed by atoms with Crippen molar-refractivity contribution in [2.45, 2.75) is 19.8 Å². The van der Waals surface area contributed by atoms with Gasteiger partial charge in [0.15, 0.2) is 5.82 Å². The highest BCUT2D eigenvalue weighted by Crippen LogP contribution is 2.27. The minimum Gasteiger partial charge on any atom is -0.497 e. The van der Waals surface area contributed by atoms with E-state index in [-0.39, 0.29) is 5.91 Å². The van der Waals surface area contributed by atoms with Gasteiger partial charge in [-0.1, -0.05) is 12.2 Å². The van der Waals surface area contributed by atoms with E-state index in [4.69, 9.17) is 4.74 Å². The third-order valence-corrected chi connectivity index (χ3v) is 3.69. The minimum atomic E-state index is -0.0893. The van der Waals surface area contributed by atoms with E-state index < -0.39 is 0 Å². The summed E-state index contributed by atoms with van der Waals surface area (Å²) in [6, 6.07) is 9.19. The third-order valence-electron chi connectivity index (χ3n) is 3.69. The van der Waals surface area contributed by atoms with E-state index in [1.807, 2.05) is 42.6 Å². The quantitative estimate of drug-likeness (QED) is 0.864. The molecule has 0 radical (unpaired) electrons. The number of allylic oxidation sites excluding steroid dienone is 4. The van der Waals surface area contributed by atoms with Crippen LogP contribution in [0, 0.1) is 0 Å². The highest BCUT2D eigenvalue weighted by molar-refractivity contribution is 5.98. The van der Waals surface area contributed by atoms with Crippen LogP contribution in [-0.4, -0.2) is 22.8 Å². The lowest BCUT2D eigenvalue weighted by atomic mass is 10.1. The van der Waals surface area contributed by atoms with Gasteiger partial charge in [0.1, 0.15) is 5.75 Å². The van der Waals surface area contributed by atoms with Gasteiger partial charge in [-0.05, 0) is 43.2 Å². The van der Waals surface area contributed by atoms with Gasteiger partial charge in [-0.2, -0.15) is 0 Å². The lowest BCUT2D eigenvalue weighted by Crippen LogP contribution is -2.23. The number of amides is 1. The molecule has 0 spiro atoms. The molecule has 2 aromatic rings. The molecule has 5 heteroatoms. The van der Waals surface area contributed by atoms with Crippen molar-refractivity contribution < 1.29 is 9.53 Å². The molecule has 3 rings (SSSR count). The number of ether oxygens (including phenoxy) is 1. The molecule has 0 aliphatic heterocycles. The van der Waals surface area contributed by atoms with Crippen LogP contribution < -0.4 is 9.64 Å². The van der Waals surface area contributed by atoms with Crippen LogP contribution in [0.3, 0.4) is 0 Å². The van der Waals surface area contributed by atoms with Gasteiger partial charge < -0.3 is 4.74 Å². The monoisotopic (exact) mass is 309 g/mol. The van der Waals surface area contributed by atoms with Crippen LogP contribution in [0.4, 0.5) is 11.5 Å². The van der Waals surface area contributed by atoms with Gasteiger partial charge in [0.2, 0.25) is 5.91 Å². The molecule has 1 amide bonds.